The van der Waals surface area contributed by atoms with Gasteiger partial charge in [-0.15, -0.1) is 0 Å². The SMILES string of the molecule is CN1CCN(C(=O)CCNC(=O)c2ccnn2C)CC1. The highest BCUT2D eigenvalue weighted by Crippen LogP contribution is 2.02. The standard InChI is InChI=1S/C13H21N5O2/c1-16-7-9-18(10-8-16)12(19)4-5-14-13(20)11-3-6-15-17(11)2/h3,6H,4-5,7-10H2,1-2H3,(H,14,20). The number of rotatable bonds is 4. The van der Waals surface area contributed by atoms with Gasteiger partial charge in [-0.3, -0.25) is 14.3 Å². The molecule has 7 heteroatoms. The first-order chi connectivity index (χ1) is 9.58. The van der Waals surface area contributed by atoms with E-state index in [9.17, 15) is 9.59 Å². The van der Waals surface area contributed by atoms with Crippen LogP contribution in [0.5, 0.6) is 0 Å². The van der Waals surface area contributed by atoms with Gasteiger partial charge >= 0.3 is 0 Å². The van der Waals surface area contributed by atoms with Crippen molar-refractivity contribution in [2.24, 2.45) is 7.05 Å². The molecule has 1 saturated heterocycles. The van der Waals surface area contributed by atoms with E-state index in [4.69, 9.17) is 0 Å². The minimum absolute atomic E-state index is 0.100. The van der Waals surface area contributed by atoms with Gasteiger partial charge in [0.15, 0.2) is 0 Å². The fraction of sp³-hybridized carbons (Fsp3) is 0.615. The number of hydrogen-bond donors (Lipinski definition) is 1. The Balaban J connectivity index is 1.72. The highest BCUT2D eigenvalue weighted by atomic mass is 16.2. The average Bonchev–Trinajstić information content (AvgIpc) is 2.85. The van der Waals surface area contributed by atoms with Gasteiger partial charge < -0.3 is 15.1 Å². The summed E-state index contributed by atoms with van der Waals surface area (Å²) < 4.78 is 1.51. The van der Waals surface area contributed by atoms with Crippen molar-refractivity contribution < 1.29 is 9.59 Å². The summed E-state index contributed by atoms with van der Waals surface area (Å²) in [5, 5.41) is 6.68. The van der Waals surface area contributed by atoms with E-state index in [1.165, 1.54) is 4.68 Å². The fourth-order valence-electron chi connectivity index (χ4n) is 2.18. The summed E-state index contributed by atoms with van der Waals surface area (Å²) in [5.41, 5.74) is 0.497. The van der Waals surface area contributed by atoms with Crippen LogP contribution >= 0.6 is 0 Å². The predicted octanol–water partition coefficient (Wildman–Crippen LogP) is -0.686. The molecular formula is C13H21N5O2. The summed E-state index contributed by atoms with van der Waals surface area (Å²) in [6.07, 6.45) is 1.91. The fourth-order valence-corrected chi connectivity index (χ4v) is 2.18. The molecule has 1 aromatic heterocycles. The number of hydrogen-bond acceptors (Lipinski definition) is 4. The monoisotopic (exact) mass is 279 g/mol. The zero-order valence-electron chi connectivity index (χ0n) is 12.0. The van der Waals surface area contributed by atoms with Crippen molar-refractivity contribution >= 4 is 11.8 Å². The topological polar surface area (TPSA) is 70.5 Å². The second kappa shape index (κ2) is 6.51. The molecular weight excluding hydrogens is 258 g/mol. The van der Waals surface area contributed by atoms with Crippen LogP contribution in [-0.4, -0.2) is 71.2 Å². The van der Waals surface area contributed by atoms with Gasteiger partial charge in [-0.05, 0) is 13.1 Å². The molecule has 0 unspecified atom stereocenters. The van der Waals surface area contributed by atoms with Crippen LogP contribution in [0.4, 0.5) is 0 Å². The third-order valence-corrected chi connectivity index (χ3v) is 3.53. The first kappa shape index (κ1) is 14.5. The average molecular weight is 279 g/mol. The van der Waals surface area contributed by atoms with Crippen LogP contribution in [0.15, 0.2) is 12.3 Å². The van der Waals surface area contributed by atoms with E-state index in [0.717, 1.165) is 26.2 Å². The summed E-state index contributed by atoms with van der Waals surface area (Å²) in [6, 6.07) is 1.65. The highest BCUT2D eigenvalue weighted by molar-refractivity contribution is 5.92. The van der Waals surface area contributed by atoms with E-state index >= 15 is 0 Å². The molecule has 0 spiro atoms. The number of nitrogens with zero attached hydrogens (tertiary/aromatic N) is 4. The molecule has 2 amide bonds. The maximum absolute atomic E-state index is 12.0. The summed E-state index contributed by atoms with van der Waals surface area (Å²) in [6.45, 7) is 3.71. The molecule has 1 fully saturated rings. The third kappa shape index (κ3) is 3.57. The molecule has 0 atom stereocenters. The summed E-state index contributed by atoms with van der Waals surface area (Å²) in [4.78, 5) is 27.9. The molecule has 0 aromatic carbocycles. The van der Waals surface area contributed by atoms with E-state index in [2.05, 4.69) is 22.4 Å². The van der Waals surface area contributed by atoms with Gasteiger partial charge in [-0.2, -0.15) is 5.10 Å². The second-order valence-corrected chi connectivity index (χ2v) is 5.03. The van der Waals surface area contributed by atoms with E-state index in [-0.39, 0.29) is 11.8 Å². The summed E-state index contributed by atoms with van der Waals surface area (Å²) in [7, 11) is 3.76. The molecule has 7 nitrogen and oxygen atoms in total. The summed E-state index contributed by atoms with van der Waals surface area (Å²) in [5.74, 6) is -0.0976. The normalized spacial score (nSPS) is 16.2. The highest BCUT2D eigenvalue weighted by Gasteiger charge is 2.18. The lowest BCUT2D eigenvalue weighted by Gasteiger charge is -2.32. The van der Waals surface area contributed by atoms with Crippen LogP contribution in [0.3, 0.4) is 0 Å². The lowest BCUT2D eigenvalue weighted by Crippen LogP contribution is -2.47. The number of likely N-dealkylation sites (N-methyl/N-ethyl adjacent to an activating group) is 1. The van der Waals surface area contributed by atoms with E-state index in [0.29, 0.717) is 18.7 Å². The molecule has 2 heterocycles. The molecule has 1 N–H and O–H groups in total. The van der Waals surface area contributed by atoms with Crippen LogP contribution in [0, 0.1) is 0 Å². The van der Waals surface area contributed by atoms with Crippen molar-refractivity contribution in [3.8, 4) is 0 Å². The third-order valence-electron chi connectivity index (χ3n) is 3.53. The Kier molecular flexibility index (Phi) is 4.73. The van der Waals surface area contributed by atoms with Gasteiger partial charge in [-0.1, -0.05) is 0 Å². The quantitative estimate of drug-likeness (QED) is 0.792. The number of carbonyl (C=O) groups excluding carboxylic acids is 2. The van der Waals surface area contributed by atoms with Gasteiger partial charge in [0.25, 0.3) is 5.91 Å². The first-order valence-corrected chi connectivity index (χ1v) is 6.80. The molecule has 1 aromatic rings. The number of carbonyl (C=O) groups is 2. The molecule has 20 heavy (non-hydrogen) atoms. The van der Waals surface area contributed by atoms with Crippen LogP contribution in [-0.2, 0) is 11.8 Å². The first-order valence-electron chi connectivity index (χ1n) is 6.80. The van der Waals surface area contributed by atoms with Gasteiger partial charge in [0.2, 0.25) is 5.91 Å². The van der Waals surface area contributed by atoms with Gasteiger partial charge in [-0.25, -0.2) is 0 Å². The minimum atomic E-state index is -0.198. The Hall–Kier alpha value is -1.89. The predicted molar refractivity (Wildman–Crippen MR) is 74.2 cm³/mol. The Morgan fingerprint density at radius 3 is 2.55 bits per heavy atom. The lowest BCUT2D eigenvalue weighted by molar-refractivity contribution is -0.132. The lowest BCUT2D eigenvalue weighted by atomic mass is 10.3. The van der Waals surface area contributed by atoms with Crippen molar-refractivity contribution in [2.45, 2.75) is 6.42 Å². The number of piperazine rings is 1. The summed E-state index contributed by atoms with van der Waals surface area (Å²) >= 11 is 0. The Morgan fingerprint density at radius 2 is 1.95 bits per heavy atom. The van der Waals surface area contributed by atoms with Crippen LogP contribution in [0.1, 0.15) is 16.9 Å². The molecule has 1 aliphatic rings. The molecule has 2 rings (SSSR count). The van der Waals surface area contributed by atoms with E-state index < -0.39 is 0 Å². The Labute approximate surface area is 118 Å². The van der Waals surface area contributed by atoms with Gasteiger partial charge in [0.1, 0.15) is 5.69 Å². The molecule has 110 valence electrons. The second-order valence-electron chi connectivity index (χ2n) is 5.03. The molecule has 1 aliphatic heterocycles. The molecule has 0 bridgehead atoms. The maximum Gasteiger partial charge on any atom is 0.269 e. The largest absolute Gasteiger partial charge is 0.350 e. The van der Waals surface area contributed by atoms with Crippen molar-refractivity contribution in [1.29, 1.82) is 0 Å². The zero-order valence-corrected chi connectivity index (χ0v) is 12.0. The van der Waals surface area contributed by atoms with Crippen LogP contribution in [0.2, 0.25) is 0 Å². The molecule has 0 radical (unpaired) electrons. The van der Waals surface area contributed by atoms with Crippen molar-refractivity contribution in [3.05, 3.63) is 18.0 Å². The number of aryl methyl sites for hydroxylation is 1. The smallest absolute Gasteiger partial charge is 0.269 e. The zero-order chi connectivity index (χ0) is 14.5. The van der Waals surface area contributed by atoms with Gasteiger partial charge in [0.05, 0.1) is 0 Å². The number of nitrogens with one attached hydrogen (secondary N) is 1. The van der Waals surface area contributed by atoms with E-state index in [1.54, 1.807) is 19.3 Å². The number of amides is 2. The van der Waals surface area contributed by atoms with Crippen molar-refractivity contribution in [3.63, 3.8) is 0 Å². The Bertz CT molecular complexity index is 477. The van der Waals surface area contributed by atoms with E-state index in [1.807, 2.05) is 4.90 Å². The van der Waals surface area contributed by atoms with Crippen LogP contribution < -0.4 is 5.32 Å². The van der Waals surface area contributed by atoms with Gasteiger partial charge in [0, 0.05) is 52.4 Å². The van der Waals surface area contributed by atoms with Crippen molar-refractivity contribution in [2.75, 3.05) is 39.8 Å². The number of aromatic nitrogens is 2. The Morgan fingerprint density at radius 1 is 1.25 bits per heavy atom. The molecule has 0 saturated carbocycles. The van der Waals surface area contributed by atoms with Crippen LogP contribution in [0.25, 0.3) is 0 Å². The molecule has 0 aliphatic carbocycles. The minimum Gasteiger partial charge on any atom is -0.350 e. The maximum atomic E-state index is 12.0. The van der Waals surface area contributed by atoms with Crippen molar-refractivity contribution in [1.82, 2.24) is 24.9 Å².